The molecule has 0 aliphatic rings. The van der Waals surface area contributed by atoms with E-state index in [1.54, 1.807) is 28.1 Å². The summed E-state index contributed by atoms with van der Waals surface area (Å²) in [4.78, 5) is 12.2. The number of aromatic hydroxyl groups is 1. The number of carbonyl (C=O) groups is 1. The Balaban J connectivity index is 1.78. The number of carbonyl (C=O) groups excluding carboxylic acids is 1. The van der Waals surface area contributed by atoms with Gasteiger partial charge in [0.05, 0.1) is 19.2 Å². The van der Waals surface area contributed by atoms with E-state index in [0.29, 0.717) is 32.8 Å². The van der Waals surface area contributed by atoms with Crippen LogP contribution in [0.3, 0.4) is 0 Å². The third-order valence-corrected chi connectivity index (χ3v) is 6.00. The zero-order valence-electron chi connectivity index (χ0n) is 15.7. The molecule has 152 valence electrons. The number of methoxy groups -OCH3 is 1. The van der Waals surface area contributed by atoms with Gasteiger partial charge in [0.1, 0.15) is 10.6 Å². The number of rotatable bonds is 5. The molecule has 0 radical (unpaired) electrons. The number of halogens is 2. The van der Waals surface area contributed by atoms with Gasteiger partial charge in [0, 0.05) is 15.4 Å². The summed E-state index contributed by atoms with van der Waals surface area (Å²) < 4.78 is 6.47. The van der Waals surface area contributed by atoms with Gasteiger partial charge in [0.2, 0.25) is 5.88 Å². The second kappa shape index (κ2) is 8.47. The lowest BCUT2D eigenvalue weighted by Gasteiger charge is -2.09. The maximum Gasteiger partial charge on any atom is 0.350 e. The quantitative estimate of drug-likeness (QED) is 0.258. The highest BCUT2D eigenvalue weighted by molar-refractivity contribution is 7.12. The molecule has 0 atom stereocenters. The van der Waals surface area contributed by atoms with Gasteiger partial charge < -0.3 is 14.4 Å². The molecule has 0 spiro atoms. The fourth-order valence-corrected chi connectivity index (χ4v) is 4.29. The first kappa shape index (κ1) is 20.4. The molecule has 4 aromatic rings. The average Bonchev–Trinajstić information content (AvgIpc) is 3.31. The number of hydrogen-bond acceptors (Lipinski definition) is 6. The van der Waals surface area contributed by atoms with E-state index in [9.17, 15) is 9.90 Å². The van der Waals surface area contributed by atoms with Crippen molar-refractivity contribution in [3.8, 4) is 5.88 Å². The molecule has 2 aromatic carbocycles. The molecule has 0 fully saturated rings. The van der Waals surface area contributed by atoms with Crippen molar-refractivity contribution in [1.29, 1.82) is 0 Å². The molecule has 6 nitrogen and oxygen atoms in total. The zero-order chi connectivity index (χ0) is 21.3. The number of nitrogens with zero attached hydrogens (tertiary/aromatic N) is 3. The number of para-hydroxylation sites is 1. The predicted octanol–water partition coefficient (Wildman–Crippen LogP) is 6.97. The summed E-state index contributed by atoms with van der Waals surface area (Å²) in [5.41, 5.74) is 2.25. The van der Waals surface area contributed by atoms with Crippen molar-refractivity contribution in [1.82, 2.24) is 4.57 Å². The van der Waals surface area contributed by atoms with Gasteiger partial charge in [0.15, 0.2) is 5.69 Å². The van der Waals surface area contributed by atoms with Crippen LogP contribution in [-0.4, -0.2) is 22.8 Å². The molecule has 0 unspecified atom stereocenters. The molecule has 4 rings (SSSR count). The van der Waals surface area contributed by atoms with Crippen LogP contribution in [0.4, 0.5) is 11.4 Å². The molecule has 1 N–H and O–H groups in total. The molecule has 2 heterocycles. The average molecular weight is 460 g/mol. The van der Waals surface area contributed by atoms with Crippen LogP contribution in [0.15, 0.2) is 64.1 Å². The molecule has 0 saturated heterocycles. The Kier molecular flexibility index (Phi) is 5.76. The number of hydrogen-bond donors (Lipinski definition) is 1. The standard InChI is InChI=1S/C21H15Cl2N3O3S/c1-29-21(28)19-16(8-9-30-19)24-25-18-14-4-2-3-5-17(14)26(20(18)27)11-12-6-7-13(22)10-15(12)23/h2-10,27H,11H2,1H3. The van der Waals surface area contributed by atoms with Gasteiger partial charge in [-0.1, -0.05) is 47.5 Å². The normalized spacial score (nSPS) is 11.4. The van der Waals surface area contributed by atoms with Gasteiger partial charge in [-0.15, -0.1) is 21.6 Å². The highest BCUT2D eigenvalue weighted by Gasteiger charge is 2.18. The largest absolute Gasteiger partial charge is 0.493 e. The Hall–Kier alpha value is -2.87. The molecular formula is C21H15Cl2N3O3S. The van der Waals surface area contributed by atoms with Crippen molar-refractivity contribution in [2.45, 2.75) is 6.54 Å². The predicted molar refractivity (Wildman–Crippen MR) is 119 cm³/mol. The number of ether oxygens (including phenoxy) is 1. The van der Waals surface area contributed by atoms with Crippen molar-refractivity contribution < 1.29 is 14.6 Å². The highest BCUT2D eigenvalue weighted by atomic mass is 35.5. The SMILES string of the molecule is COC(=O)c1sccc1N=Nc1c(O)n(Cc2ccc(Cl)cc2Cl)c2ccccc12. The molecule has 9 heteroatoms. The van der Waals surface area contributed by atoms with Gasteiger partial charge in [-0.05, 0) is 35.2 Å². The smallest absolute Gasteiger partial charge is 0.350 e. The zero-order valence-corrected chi connectivity index (χ0v) is 18.0. The summed E-state index contributed by atoms with van der Waals surface area (Å²) in [6.07, 6.45) is 0. The minimum Gasteiger partial charge on any atom is -0.493 e. The maximum absolute atomic E-state index is 11.9. The monoisotopic (exact) mass is 459 g/mol. The summed E-state index contributed by atoms with van der Waals surface area (Å²) in [6, 6.07) is 14.3. The molecule has 0 amide bonds. The Labute approximate surface area is 186 Å². The Morgan fingerprint density at radius 2 is 1.97 bits per heavy atom. The van der Waals surface area contributed by atoms with E-state index < -0.39 is 5.97 Å². The van der Waals surface area contributed by atoms with Gasteiger partial charge in [-0.2, -0.15) is 0 Å². The number of thiophene rings is 1. The lowest BCUT2D eigenvalue weighted by Crippen LogP contribution is -1.99. The summed E-state index contributed by atoms with van der Waals surface area (Å²) in [5, 5.41) is 22.9. The van der Waals surface area contributed by atoms with E-state index in [1.807, 2.05) is 30.3 Å². The molecule has 30 heavy (non-hydrogen) atoms. The Morgan fingerprint density at radius 3 is 2.73 bits per heavy atom. The molecular weight excluding hydrogens is 445 g/mol. The van der Waals surface area contributed by atoms with Crippen molar-refractivity contribution in [2.24, 2.45) is 10.2 Å². The third-order valence-electron chi connectivity index (χ3n) is 4.53. The van der Waals surface area contributed by atoms with Crippen molar-refractivity contribution in [3.05, 3.63) is 74.4 Å². The lowest BCUT2D eigenvalue weighted by atomic mass is 10.2. The van der Waals surface area contributed by atoms with Crippen molar-refractivity contribution >= 4 is 62.8 Å². The number of azo groups is 1. The summed E-state index contributed by atoms with van der Waals surface area (Å²) in [7, 11) is 1.31. The first-order valence-corrected chi connectivity index (χ1v) is 10.4. The van der Waals surface area contributed by atoms with Crippen LogP contribution in [-0.2, 0) is 11.3 Å². The fourth-order valence-electron chi connectivity index (χ4n) is 3.08. The van der Waals surface area contributed by atoms with Crippen LogP contribution < -0.4 is 0 Å². The van der Waals surface area contributed by atoms with Crippen LogP contribution in [0.5, 0.6) is 5.88 Å². The molecule has 0 saturated carbocycles. The number of benzene rings is 2. The first-order chi connectivity index (χ1) is 14.5. The van der Waals surface area contributed by atoms with E-state index in [0.717, 1.165) is 16.5 Å². The summed E-state index contributed by atoms with van der Waals surface area (Å²) in [6.45, 7) is 0.323. The van der Waals surface area contributed by atoms with Crippen LogP contribution in [0.2, 0.25) is 10.0 Å². The van der Waals surface area contributed by atoms with Crippen LogP contribution in [0.1, 0.15) is 15.2 Å². The minimum absolute atomic E-state index is 0.0548. The van der Waals surface area contributed by atoms with Crippen molar-refractivity contribution in [3.63, 3.8) is 0 Å². The topological polar surface area (TPSA) is 76.2 Å². The highest BCUT2D eigenvalue weighted by Crippen LogP contribution is 2.41. The summed E-state index contributed by atoms with van der Waals surface area (Å²) in [5.74, 6) is -0.538. The third kappa shape index (κ3) is 3.79. The number of aromatic nitrogens is 1. The van der Waals surface area contributed by atoms with E-state index in [4.69, 9.17) is 27.9 Å². The second-order valence-electron chi connectivity index (χ2n) is 6.34. The molecule has 0 aliphatic carbocycles. The first-order valence-electron chi connectivity index (χ1n) is 8.81. The van der Waals surface area contributed by atoms with Crippen LogP contribution in [0, 0.1) is 0 Å². The van der Waals surface area contributed by atoms with E-state index >= 15 is 0 Å². The van der Waals surface area contributed by atoms with Crippen LogP contribution >= 0.6 is 34.5 Å². The molecule has 2 aromatic heterocycles. The van der Waals surface area contributed by atoms with Gasteiger partial charge in [-0.25, -0.2) is 4.79 Å². The van der Waals surface area contributed by atoms with Crippen LogP contribution in [0.25, 0.3) is 10.9 Å². The summed E-state index contributed by atoms with van der Waals surface area (Å²) >= 11 is 13.5. The van der Waals surface area contributed by atoms with Gasteiger partial charge in [0.25, 0.3) is 0 Å². The second-order valence-corrected chi connectivity index (χ2v) is 8.10. The minimum atomic E-state index is -0.483. The van der Waals surface area contributed by atoms with Gasteiger partial charge >= 0.3 is 5.97 Å². The van der Waals surface area contributed by atoms with E-state index in [-0.39, 0.29) is 5.88 Å². The van der Waals surface area contributed by atoms with Gasteiger partial charge in [-0.3, -0.25) is 0 Å². The van der Waals surface area contributed by atoms with E-state index in [2.05, 4.69) is 10.2 Å². The maximum atomic E-state index is 11.9. The lowest BCUT2D eigenvalue weighted by molar-refractivity contribution is 0.0607. The molecule has 0 aliphatic heterocycles. The Morgan fingerprint density at radius 1 is 1.17 bits per heavy atom. The molecule has 0 bridgehead atoms. The number of fused-ring (bicyclic) bond motifs is 1. The number of esters is 1. The Bertz CT molecular complexity index is 1280. The van der Waals surface area contributed by atoms with E-state index in [1.165, 1.54) is 18.4 Å². The fraction of sp³-hybridized carbons (Fsp3) is 0.0952. The van der Waals surface area contributed by atoms with Crippen molar-refractivity contribution in [2.75, 3.05) is 7.11 Å².